The van der Waals surface area contributed by atoms with Crippen molar-refractivity contribution in [2.45, 2.75) is 87.4 Å². The normalized spacial score (nSPS) is 23.8. The fourth-order valence-corrected chi connectivity index (χ4v) is 8.84. The van der Waals surface area contributed by atoms with Crippen LogP contribution in [-0.2, 0) is 21.1 Å². The molecule has 1 saturated heterocycles. The quantitative estimate of drug-likeness (QED) is 0.351. The van der Waals surface area contributed by atoms with Gasteiger partial charge in [-0.2, -0.15) is 5.10 Å². The number of aromatic nitrogens is 2. The Morgan fingerprint density at radius 2 is 1.57 bits per heavy atom. The molecule has 1 aromatic heterocycles. The lowest BCUT2D eigenvalue weighted by Gasteiger charge is -2.45. The van der Waals surface area contributed by atoms with Crippen molar-refractivity contribution < 1.29 is 8.42 Å². The van der Waals surface area contributed by atoms with Gasteiger partial charge < -0.3 is 4.90 Å². The second-order valence-corrected chi connectivity index (χ2v) is 13.6. The number of benzene rings is 2. The van der Waals surface area contributed by atoms with Crippen LogP contribution in [0.15, 0.2) is 59.5 Å². The molecule has 0 amide bonds. The standard InChI is InChI=1S/C30H38ClN3O2S/c1-4-34-29(21-23(3)32-34)24-15-19-33(20-16-24)27-13-17-30(18-14-27,25-7-5-22(2)6-8-25)37(35,36)28-11-9-26(31)10-12-28/h5-12,21,24,27H,4,13-20H2,1-3H3. The van der Waals surface area contributed by atoms with Crippen LogP contribution in [0, 0.1) is 13.8 Å². The highest BCUT2D eigenvalue weighted by Gasteiger charge is 2.49. The molecular formula is C30H38ClN3O2S. The number of hydrogen-bond donors (Lipinski definition) is 0. The van der Waals surface area contributed by atoms with E-state index >= 15 is 0 Å². The lowest BCUT2D eigenvalue weighted by atomic mass is 9.79. The van der Waals surface area contributed by atoms with Crippen molar-refractivity contribution in [2.75, 3.05) is 13.1 Å². The van der Waals surface area contributed by atoms with E-state index in [1.807, 2.05) is 31.2 Å². The summed E-state index contributed by atoms with van der Waals surface area (Å²) in [7, 11) is -3.60. The SMILES string of the molecule is CCn1nc(C)cc1C1CCN(C2CCC(c3ccc(C)cc3)(S(=O)(=O)c3ccc(Cl)cc3)CC2)CC1. The van der Waals surface area contributed by atoms with Crippen LogP contribution in [0.1, 0.15) is 73.9 Å². The maximum Gasteiger partial charge on any atom is 0.188 e. The minimum atomic E-state index is -3.60. The molecule has 5 rings (SSSR count). The number of hydrogen-bond acceptors (Lipinski definition) is 4. The monoisotopic (exact) mass is 539 g/mol. The number of halogens is 1. The van der Waals surface area contributed by atoms with E-state index in [0.717, 1.165) is 62.1 Å². The van der Waals surface area contributed by atoms with Crippen LogP contribution in [0.5, 0.6) is 0 Å². The molecule has 198 valence electrons. The predicted octanol–water partition coefficient (Wildman–Crippen LogP) is 6.66. The molecule has 1 aliphatic carbocycles. The van der Waals surface area contributed by atoms with Crippen molar-refractivity contribution in [1.29, 1.82) is 0 Å². The second kappa shape index (κ2) is 10.5. The molecule has 7 heteroatoms. The highest BCUT2D eigenvalue weighted by Crippen LogP contribution is 2.48. The van der Waals surface area contributed by atoms with Crippen molar-refractivity contribution >= 4 is 21.4 Å². The molecule has 0 radical (unpaired) electrons. The maximum absolute atomic E-state index is 14.2. The molecule has 0 atom stereocenters. The molecule has 1 saturated carbocycles. The minimum Gasteiger partial charge on any atom is -0.300 e. The van der Waals surface area contributed by atoms with Crippen molar-refractivity contribution in [3.05, 3.63) is 82.1 Å². The molecule has 3 aromatic rings. The molecule has 0 bridgehead atoms. The van der Waals surface area contributed by atoms with Gasteiger partial charge in [-0.1, -0.05) is 41.4 Å². The van der Waals surface area contributed by atoms with Crippen LogP contribution in [0.2, 0.25) is 5.02 Å². The van der Waals surface area contributed by atoms with Crippen molar-refractivity contribution in [1.82, 2.24) is 14.7 Å². The lowest BCUT2D eigenvalue weighted by molar-refractivity contribution is 0.110. The molecule has 2 aliphatic rings. The van der Waals surface area contributed by atoms with Gasteiger partial charge in [-0.05, 0) is 108 Å². The Bertz CT molecular complexity index is 1320. The van der Waals surface area contributed by atoms with Gasteiger partial charge in [0, 0.05) is 29.2 Å². The highest BCUT2D eigenvalue weighted by atomic mass is 35.5. The smallest absolute Gasteiger partial charge is 0.188 e. The van der Waals surface area contributed by atoms with Gasteiger partial charge in [0.15, 0.2) is 9.84 Å². The molecule has 37 heavy (non-hydrogen) atoms. The second-order valence-electron chi connectivity index (χ2n) is 10.9. The Hall–Kier alpha value is -2.15. The first kappa shape index (κ1) is 26.5. The first-order valence-electron chi connectivity index (χ1n) is 13.6. The first-order valence-corrected chi connectivity index (χ1v) is 15.5. The molecule has 0 N–H and O–H groups in total. The zero-order valence-corrected chi connectivity index (χ0v) is 23.7. The van der Waals surface area contributed by atoms with Gasteiger partial charge in [0.25, 0.3) is 0 Å². The first-order chi connectivity index (χ1) is 17.7. The fourth-order valence-electron chi connectivity index (χ4n) is 6.55. The highest BCUT2D eigenvalue weighted by molar-refractivity contribution is 7.92. The van der Waals surface area contributed by atoms with Gasteiger partial charge in [0.2, 0.25) is 0 Å². The van der Waals surface area contributed by atoms with E-state index in [0.29, 0.717) is 34.7 Å². The third-order valence-electron chi connectivity index (χ3n) is 8.68. The van der Waals surface area contributed by atoms with Crippen LogP contribution in [-0.4, -0.2) is 42.2 Å². The number of aryl methyl sites for hydroxylation is 3. The Labute approximate surface area is 226 Å². The summed E-state index contributed by atoms with van der Waals surface area (Å²) >= 11 is 6.08. The molecule has 5 nitrogen and oxygen atoms in total. The average molecular weight is 540 g/mol. The predicted molar refractivity (Wildman–Crippen MR) is 150 cm³/mol. The van der Waals surface area contributed by atoms with Crippen LogP contribution >= 0.6 is 11.6 Å². The molecule has 1 aliphatic heterocycles. The van der Waals surface area contributed by atoms with Crippen LogP contribution in [0.3, 0.4) is 0 Å². The number of piperidine rings is 1. The van der Waals surface area contributed by atoms with E-state index in [-0.39, 0.29) is 0 Å². The Morgan fingerprint density at radius 3 is 2.16 bits per heavy atom. The maximum atomic E-state index is 14.2. The Morgan fingerprint density at radius 1 is 0.946 bits per heavy atom. The van der Waals surface area contributed by atoms with E-state index in [9.17, 15) is 8.42 Å². The van der Waals surface area contributed by atoms with Gasteiger partial charge in [-0.15, -0.1) is 0 Å². The van der Waals surface area contributed by atoms with Gasteiger partial charge in [-0.3, -0.25) is 4.68 Å². The topological polar surface area (TPSA) is 55.2 Å². The molecule has 2 aromatic carbocycles. The zero-order valence-electron chi connectivity index (χ0n) is 22.2. The summed E-state index contributed by atoms with van der Waals surface area (Å²) in [5.74, 6) is 0.554. The van der Waals surface area contributed by atoms with Crippen LogP contribution < -0.4 is 0 Å². The van der Waals surface area contributed by atoms with E-state index in [2.05, 4.69) is 34.6 Å². The third kappa shape index (κ3) is 5.00. The lowest BCUT2D eigenvalue weighted by Crippen LogP contribution is -2.48. The van der Waals surface area contributed by atoms with Crippen molar-refractivity contribution in [2.24, 2.45) is 0 Å². The molecule has 0 unspecified atom stereocenters. The summed E-state index contributed by atoms with van der Waals surface area (Å²) in [5, 5.41) is 5.20. The summed E-state index contributed by atoms with van der Waals surface area (Å²) < 4.78 is 29.6. The molecular weight excluding hydrogens is 502 g/mol. The van der Waals surface area contributed by atoms with Gasteiger partial charge in [-0.25, -0.2) is 8.42 Å². The number of nitrogens with zero attached hydrogens (tertiary/aromatic N) is 3. The van der Waals surface area contributed by atoms with Gasteiger partial charge in [0.05, 0.1) is 10.6 Å². The average Bonchev–Trinajstić information content (AvgIpc) is 3.30. The van der Waals surface area contributed by atoms with Crippen molar-refractivity contribution in [3.8, 4) is 0 Å². The van der Waals surface area contributed by atoms with Gasteiger partial charge >= 0.3 is 0 Å². The van der Waals surface area contributed by atoms with E-state index in [1.165, 1.54) is 5.69 Å². The Balaban J connectivity index is 1.34. The summed E-state index contributed by atoms with van der Waals surface area (Å²) in [6, 6.07) is 17.5. The summed E-state index contributed by atoms with van der Waals surface area (Å²) in [6.07, 6.45) is 5.30. The van der Waals surface area contributed by atoms with E-state index < -0.39 is 14.6 Å². The minimum absolute atomic E-state index is 0.361. The van der Waals surface area contributed by atoms with Crippen LogP contribution in [0.25, 0.3) is 0 Å². The Kier molecular flexibility index (Phi) is 7.54. The third-order valence-corrected chi connectivity index (χ3v) is 11.5. The largest absolute Gasteiger partial charge is 0.300 e. The van der Waals surface area contributed by atoms with Crippen molar-refractivity contribution in [3.63, 3.8) is 0 Å². The number of sulfone groups is 1. The van der Waals surface area contributed by atoms with Gasteiger partial charge in [0.1, 0.15) is 4.75 Å². The molecule has 0 spiro atoms. The number of likely N-dealkylation sites (tertiary alicyclic amines) is 1. The zero-order chi connectivity index (χ0) is 26.2. The van der Waals surface area contributed by atoms with E-state index in [1.54, 1.807) is 24.3 Å². The summed E-state index contributed by atoms with van der Waals surface area (Å²) in [6.45, 7) is 9.31. The molecule has 2 heterocycles. The summed E-state index contributed by atoms with van der Waals surface area (Å²) in [4.78, 5) is 2.98. The summed E-state index contributed by atoms with van der Waals surface area (Å²) in [5.41, 5.74) is 4.52. The fraction of sp³-hybridized carbons (Fsp3) is 0.500. The molecule has 2 fully saturated rings. The van der Waals surface area contributed by atoms with E-state index in [4.69, 9.17) is 11.6 Å². The van der Waals surface area contributed by atoms with Crippen LogP contribution in [0.4, 0.5) is 0 Å². The number of rotatable bonds is 6.